The summed E-state index contributed by atoms with van der Waals surface area (Å²) in [5.74, 6) is -0.827. The van der Waals surface area contributed by atoms with Gasteiger partial charge < -0.3 is 15.8 Å². The number of nitrogens with one attached hydrogen (secondary N) is 1. The van der Waals surface area contributed by atoms with Crippen LogP contribution in [0.4, 0.5) is 5.13 Å². The molecule has 0 spiro atoms. The lowest BCUT2D eigenvalue weighted by Crippen LogP contribution is -2.32. The number of methoxy groups -OCH3 is 1. The molecule has 2 rings (SSSR count). The molecule has 2 aromatic rings. The number of hydrogen-bond acceptors (Lipinski definition) is 6. The highest BCUT2D eigenvalue weighted by Crippen LogP contribution is 2.27. The molecule has 19 heavy (non-hydrogen) atoms. The summed E-state index contributed by atoms with van der Waals surface area (Å²) in [5, 5.41) is 3.02. The molecule has 1 atom stereocenters. The molecule has 0 radical (unpaired) electrons. The molecule has 0 aliphatic carbocycles. The minimum absolute atomic E-state index is 0.306. The molecule has 1 heterocycles. The van der Waals surface area contributed by atoms with Crippen LogP contribution < -0.4 is 11.1 Å². The Kier molecular flexibility index (Phi) is 3.66. The van der Waals surface area contributed by atoms with Crippen molar-refractivity contribution < 1.29 is 14.3 Å². The predicted octanol–water partition coefficient (Wildman–Crippen LogP) is 1.23. The van der Waals surface area contributed by atoms with Gasteiger partial charge in [-0.25, -0.2) is 9.78 Å². The monoisotopic (exact) mass is 279 g/mol. The smallest absolute Gasteiger partial charge is 0.333 e. The number of esters is 1. The zero-order valence-electron chi connectivity index (χ0n) is 10.5. The molecule has 100 valence electrons. The standard InChI is InChI=1S/C12H13N3O3S/c1-6(16)14-10(11(17)18-2)7-3-4-8-9(5-7)19-12(13)15-8/h3-5,10H,1-2H3,(H2,13,15)(H,14,16). The van der Waals surface area contributed by atoms with E-state index in [9.17, 15) is 9.59 Å². The van der Waals surface area contributed by atoms with Crippen LogP contribution in [0.5, 0.6) is 0 Å². The number of aromatic nitrogens is 1. The maximum atomic E-state index is 11.7. The molecule has 7 heteroatoms. The third-order valence-corrected chi connectivity index (χ3v) is 3.39. The SMILES string of the molecule is COC(=O)C(NC(C)=O)c1ccc2nc(N)sc2c1. The third kappa shape index (κ3) is 2.82. The van der Waals surface area contributed by atoms with Gasteiger partial charge in [0, 0.05) is 6.92 Å². The highest BCUT2D eigenvalue weighted by Gasteiger charge is 2.22. The number of anilines is 1. The van der Waals surface area contributed by atoms with Crippen molar-refractivity contribution in [3.05, 3.63) is 23.8 Å². The van der Waals surface area contributed by atoms with Crippen molar-refractivity contribution in [3.63, 3.8) is 0 Å². The molecule has 3 N–H and O–H groups in total. The Morgan fingerprint density at radius 3 is 2.84 bits per heavy atom. The fourth-order valence-electron chi connectivity index (χ4n) is 1.74. The highest BCUT2D eigenvalue weighted by molar-refractivity contribution is 7.22. The molecular weight excluding hydrogens is 266 g/mol. The summed E-state index contributed by atoms with van der Waals surface area (Å²) in [6.45, 7) is 1.35. The van der Waals surface area contributed by atoms with E-state index in [0.29, 0.717) is 10.7 Å². The summed E-state index contributed by atoms with van der Waals surface area (Å²) in [5.41, 5.74) is 7.03. The average molecular weight is 279 g/mol. The second-order valence-electron chi connectivity index (χ2n) is 3.94. The Balaban J connectivity index is 2.42. The maximum absolute atomic E-state index is 11.7. The van der Waals surface area contributed by atoms with Gasteiger partial charge in [0.1, 0.15) is 0 Å². The van der Waals surface area contributed by atoms with Crippen molar-refractivity contribution in [2.75, 3.05) is 12.8 Å². The van der Waals surface area contributed by atoms with E-state index in [-0.39, 0.29) is 5.91 Å². The van der Waals surface area contributed by atoms with Crippen LogP contribution in [0.1, 0.15) is 18.5 Å². The maximum Gasteiger partial charge on any atom is 0.333 e. The predicted molar refractivity (Wildman–Crippen MR) is 72.6 cm³/mol. The molecule has 1 aromatic carbocycles. The first kappa shape index (κ1) is 13.3. The van der Waals surface area contributed by atoms with Crippen LogP contribution in [0, 0.1) is 0 Å². The van der Waals surface area contributed by atoms with E-state index in [1.54, 1.807) is 18.2 Å². The summed E-state index contributed by atoms with van der Waals surface area (Å²) in [4.78, 5) is 27.0. The number of rotatable bonds is 3. The van der Waals surface area contributed by atoms with E-state index in [2.05, 4.69) is 10.3 Å². The highest BCUT2D eigenvalue weighted by atomic mass is 32.1. The zero-order valence-corrected chi connectivity index (χ0v) is 11.3. The number of carbonyl (C=O) groups excluding carboxylic acids is 2. The van der Waals surface area contributed by atoms with Crippen molar-refractivity contribution in [2.24, 2.45) is 0 Å². The van der Waals surface area contributed by atoms with Gasteiger partial charge in [0.25, 0.3) is 0 Å². The molecule has 0 fully saturated rings. The van der Waals surface area contributed by atoms with Crippen LogP contribution in [-0.2, 0) is 14.3 Å². The van der Waals surface area contributed by atoms with E-state index in [1.807, 2.05) is 0 Å². The fourth-order valence-corrected chi connectivity index (χ4v) is 2.52. The molecule has 6 nitrogen and oxygen atoms in total. The Bertz CT molecular complexity index is 638. The number of ether oxygens (including phenoxy) is 1. The van der Waals surface area contributed by atoms with E-state index in [0.717, 1.165) is 10.2 Å². The Morgan fingerprint density at radius 1 is 1.47 bits per heavy atom. The first-order valence-electron chi connectivity index (χ1n) is 5.52. The number of nitrogens with two attached hydrogens (primary N) is 1. The third-order valence-electron chi connectivity index (χ3n) is 2.55. The summed E-state index contributed by atoms with van der Waals surface area (Å²) >= 11 is 1.32. The van der Waals surface area contributed by atoms with Gasteiger partial charge in [0.2, 0.25) is 5.91 Å². The number of fused-ring (bicyclic) bond motifs is 1. The summed E-state index contributed by atoms with van der Waals surface area (Å²) in [6, 6.07) is 4.44. The van der Waals surface area contributed by atoms with Gasteiger partial charge in [-0.05, 0) is 17.7 Å². The minimum Gasteiger partial charge on any atom is -0.467 e. The summed E-state index contributed by atoms with van der Waals surface area (Å²) in [7, 11) is 1.28. The van der Waals surface area contributed by atoms with Gasteiger partial charge in [-0.3, -0.25) is 4.79 Å². The van der Waals surface area contributed by atoms with Gasteiger partial charge in [-0.15, -0.1) is 0 Å². The Hall–Kier alpha value is -2.15. The topological polar surface area (TPSA) is 94.3 Å². The lowest BCUT2D eigenvalue weighted by atomic mass is 10.1. The van der Waals surface area contributed by atoms with Crippen molar-refractivity contribution >= 4 is 38.6 Å². The normalized spacial score (nSPS) is 12.1. The van der Waals surface area contributed by atoms with Crippen molar-refractivity contribution in [1.29, 1.82) is 0 Å². The number of carbonyl (C=O) groups is 2. The van der Waals surface area contributed by atoms with Crippen LogP contribution in [0.15, 0.2) is 18.2 Å². The molecular formula is C12H13N3O3S. The summed E-state index contributed by atoms with van der Waals surface area (Å²) < 4.78 is 5.55. The van der Waals surface area contributed by atoms with Crippen LogP contribution in [0.25, 0.3) is 10.2 Å². The van der Waals surface area contributed by atoms with Crippen LogP contribution in [-0.4, -0.2) is 24.0 Å². The van der Waals surface area contributed by atoms with Gasteiger partial charge in [0.15, 0.2) is 11.2 Å². The van der Waals surface area contributed by atoms with Gasteiger partial charge >= 0.3 is 5.97 Å². The van der Waals surface area contributed by atoms with Gasteiger partial charge in [0.05, 0.1) is 17.3 Å². The van der Waals surface area contributed by atoms with E-state index < -0.39 is 12.0 Å². The summed E-state index contributed by atoms with van der Waals surface area (Å²) in [6.07, 6.45) is 0. The molecule has 1 amide bonds. The first-order valence-corrected chi connectivity index (χ1v) is 6.34. The van der Waals surface area contributed by atoms with Gasteiger partial charge in [-0.1, -0.05) is 17.4 Å². The molecule has 0 aliphatic heterocycles. The van der Waals surface area contributed by atoms with Crippen LogP contribution in [0.2, 0.25) is 0 Å². The lowest BCUT2D eigenvalue weighted by Gasteiger charge is -2.15. The molecule has 0 saturated carbocycles. The molecule has 1 unspecified atom stereocenters. The van der Waals surface area contributed by atoms with E-state index >= 15 is 0 Å². The number of thiazole rings is 1. The quantitative estimate of drug-likeness (QED) is 0.824. The van der Waals surface area contributed by atoms with Crippen molar-refractivity contribution in [1.82, 2.24) is 10.3 Å². The van der Waals surface area contributed by atoms with E-state index in [4.69, 9.17) is 10.5 Å². The van der Waals surface area contributed by atoms with Crippen molar-refractivity contribution in [2.45, 2.75) is 13.0 Å². The number of hydrogen-bond donors (Lipinski definition) is 2. The zero-order chi connectivity index (χ0) is 14.0. The first-order chi connectivity index (χ1) is 9.01. The number of nitrogen functional groups attached to an aromatic ring is 1. The number of amides is 1. The van der Waals surface area contributed by atoms with Crippen molar-refractivity contribution in [3.8, 4) is 0 Å². The lowest BCUT2D eigenvalue weighted by molar-refractivity contribution is -0.145. The minimum atomic E-state index is -0.824. The fraction of sp³-hybridized carbons (Fsp3) is 0.250. The van der Waals surface area contributed by atoms with E-state index in [1.165, 1.54) is 25.4 Å². The second-order valence-corrected chi connectivity index (χ2v) is 5.00. The number of benzene rings is 1. The van der Waals surface area contributed by atoms with Crippen LogP contribution in [0.3, 0.4) is 0 Å². The molecule has 0 bridgehead atoms. The van der Waals surface area contributed by atoms with Gasteiger partial charge in [-0.2, -0.15) is 0 Å². The molecule has 0 saturated heterocycles. The average Bonchev–Trinajstić information content (AvgIpc) is 2.73. The Morgan fingerprint density at radius 2 is 2.21 bits per heavy atom. The molecule has 1 aromatic heterocycles. The second kappa shape index (κ2) is 5.23. The van der Waals surface area contributed by atoms with Crippen LogP contribution >= 0.6 is 11.3 Å². The number of nitrogens with zero attached hydrogens (tertiary/aromatic N) is 1. The Labute approximate surface area is 113 Å². The largest absolute Gasteiger partial charge is 0.467 e. The molecule has 0 aliphatic rings.